The van der Waals surface area contributed by atoms with Gasteiger partial charge in [-0.05, 0) is 24.7 Å². The van der Waals surface area contributed by atoms with E-state index in [0.29, 0.717) is 5.56 Å². The van der Waals surface area contributed by atoms with Crippen molar-refractivity contribution in [3.8, 4) is 0 Å². The molecule has 0 amide bonds. The standard InChI is InChI=1S/C12H12F2N2/c1-15-11(12(13)14)9-4-2-6-10-8(9)5-3-7-16-10/h2-7,11-12,15H,1H3. The minimum Gasteiger partial charge on any atom is -0.308 e. The summed E-state index contributed by atoms with van der Waals surface area (Å²) < 4.78 is 25.7. The van der Waals surface area contributed by atoms with Crippen LogP contribution in [-0.4, -0.2) is 18.5 Å². The summed E-state index contributed by atoms with van der Waals surface area (Å²) in [4.78, 5) is 4.15. The number of aromatic nitrogens is 1. The molecule has 0 aliphatic rings. The van der Waals surface area contributed by atoms with Crippen LogP contribution in [0.1, 0.15) is 11.6 Å². The van der Waals surface area contributed by atoms with Crippen molar-refractivity contribution in [2.75, 3.05) is 7.05 Å². The van der Waals surface area contributed by atoms with Crippen LogP contribution in [0, 0.1) is 0 Å². The maximum absolute atomic E-state index is 12.8. The highest BCUT2D eigenvalue weighted by Crippen LogP contribution is 2.26. The third-order valence-electron chi connectivity index (χ3n) is 2.58. The Bertz CT molecular complexity index is 480. The molecular formula is C12H12F2N2. The number of benzene rings is 1. The second-order valence-electron chi connectivity index (χ2n) is 3.52. The lowest BCUT2D eigenvalue weighted by Gasteiger charge is -2.17. The predicted molar refractivity (Wildman–Crippen MR) is 59.5 cm³/mol. The number of hydrogen-bond acceptors (Lipinski definition) is 2. The molecule has 1 heterocycles. The molecule has 0 saturated carbocycles. The maximum atomic E-state index is 12.8. The van der Waals surface area contributed by atoms with Crippen LogP contribution in [0.25, 0.3) is 10.9 Å². The second kappa shape index (κ2) is 4.53. The van der Waals surface area contributed by atoms with Crippen molar-refractivity contribution in [3.05, 3.63) is 42.1 Å². The van der Waals surface area contributed by atoms with E-state index in [-0.39, 0.29) is 0 Å². The second-order valence-corrected chi connectivity index (χ2v) is 3.52. The summed E-state index contributed by atoms with van der Waals surface area (Å²) in [6, 6.07) is 7.88. The van der Waals surface area contributed by atoms with E-state index in [9.17, 15) is 8.78 Å². The van der Waals surface area contributed by atoms with Gasteiger partial charge in [-0.15, -0.1) is 0 Å². The molecule has 84 valence electrons. The van der Waals surface area contributed by atoms with E-state index in [2.05, 4.69) is 10.3 Å². The topological polar surface area (TPSA) is 24.9 Å². The molecule has 1 aromatic carbocycles. The molecule has 2 nitrogen and oxygen atoms in total. The largest absolute Gasteiger partial charge is 0.308 e. The van der Waals surface area contributed by atoms with Crippen LogP contribution in [-0.2, 0) is 0 Å². The van der Waals surface area contributed by atoms with Crippen molar-refractivity contribution >= 4 is 10.9 Å². The molecule has 0 aliphatic heterocycles. The average molecular weight is 222 g/mol. The highest BCUT2D eigenvalue weighted by atomic mass is 19.3. The van der Waals surface area contributed by atoms with Crippen LogP contribution in [0.3, 0.4) is 0 Å². The lowest BCUT2D eigenvalue weighted by Crippen LogP contribution is -2.23. The number of fused-ring (bicyclic) bond motifs is 1. The van der Waals surface area contributed by atoms with E-state index >= 15 is 0 Å². The Kier molecular flexibility index (Phi) is 3.10. The van der Waals surface area contributed by atoms with E-state index in [4.69, 9.17) is 0 Å². The van der Waals surface area contributed by atoms with Gasteiger partial charge in [-0.25, -0.2) is 8.78 Å². The number of nitrogens with one attached hydrogen (secondary N) is 1. The lowest BCUT2D eigenvalue weighted by molar-refractivity contribution is 0.103. The lowest BCUT2D eigenvalue weighted by atomic mass is 10.0. The third-order valence-corrected chi connectivity index (χ3v) is 2.58. The first-order valence-electron chi connectivity index (χ1n) is 5.03. The smallest absolute Gasteiger partial charge is 0.257 e. The quantitative estimate of drug-likeness (QED) is 0.863. The summed E-state index contributed by atoms with van der Waals surface area (Å²) in [5, 5.41) is 3.40. The van der Waals surface area contributed by atoms with Crippen molar-refractivity contribution < 1.29 is 8.78 Å². The van der Waals surface area contributed by atoms with Crippen LogP contribution >= 0.6 is 0 Å². The summed E-state index contributed by atoms with van der Waals surface area (Å²) in [6.07, 6.45) is -0.779. The molecule has 0 spiro atoms. The Morgan fingerprint density at radius 1 is 1.19 bits per heavy atom. The van der Waals surface area contributed by atoms with Crippen LogP contribution in [0.15, 0.2) is 36.5 Å². The Labute approximate surface area is 92.3 Å². The summed E-state index contributed by atoms with van der Waals surface area (Å²) >= 11 is 0. The van der Waals surface area contributed by atoms with E-state index < -0.39 is 12.5 Å². The molecule has 1 N–H and O–H groups in total. The van der Waals surface area contributed by atoms with Gasteiger partial charge in [0, 0.05) is 11.6 Å². The molecule has 4 heteroatoms. The Morgan fingerprint density at radius 2 is 2.00 bits per heavy atom. The zero-order chi connectivity index (χ0) is 11.5. The molecule has 16 heavy (non-hydrogen) atoms. The van der Waals surface area contributed by atoms with Crippen molar-refractivity contribution in [1.29, 1.82) is 0 Å². The molecule has 1 unspecified atom stereocenters. The van der Waals surface area contributed by atoms with Gasteiger partial charge in [0.05, 0.1) is 11.6 Å². The van der Waals surface area contributed by atoms with Crippen LogP contribution in [0.4, 0.5) is 8.78 Å². The van der Waals surface area contributed by atoms with Crippen LogP contribution in [0.5, 0.6) is 0 Å². The Hall–Kier alpha value is -1.55. The number of hydrogen-bond donors (Lipinski definition) is 1. The van der Waals surface area contributed by atoms with Crippen LogP contribution in [0.2, 0.25) is 0 Å². The number of rotatable bonds is 3. The van der Waals surface area contributed by atoms with Gasteiger partial charge in [-0.2, -0.15) is 0 Å². The summed E-state index contributed by atoms with van der Waals surface area (Å²) in [5.41, 5.74) is 1.32. The fourth-order valence-electron chi connectivity index (χ4n) is 1.82. The normalized spacial score (nSPS) is 13.2. The summed E-state index contributed by atoms with van der Waals surface area (Å²) in [6.45, 7) is 0. The highest BCUT2D eigenvalue weighted by molar-refractivity contribution is 5.82. The Balaban J connectivity index is 2.59. The van der Waals surface area contributed by atoms with Crippen LogP contribution < -0.4 is 5.32 Å². The highest BCUT2D eigenvalue weighted by Gasteiger charge is 2.21. The fraction of sp³-hybridized carbons (Fsp3) is 0.250. The van der Waals surface area contributed by atoms with E-state index in [1.807, 2.05) is 12.1 Å². The molecule has 2 aromatic rings. The van der Waals surface area contributed by atoms with Gasteiger partial charge in [0.15, 0.2) is 0 Å². The predicted octanol–water partition coefficient (Wildman–Crippen LogP) is 2.76. The van der Waals surface area contributed by atoms with Crippen molar-refractivity contribution in [3.63, 3.8) is 0 Å². The summed E-state index contributed by atoms with van der Waals surface area (Å²) in [7, 11) is 1.53. The number of alkyl halides is 2. The van der Waals surface area contributed by atoms with Gasteiger partial charge in [-0.3, -0.25) is 4.98 Å². The molecule has 2 rings (SSSR count). The monoisotopic (exact) mass is 222 g/mol. The zero-order valence-corrected chi connectivity index (χ0v) is 8.82. The van der Waals surface area contributed by atoms with Gasteiger partial charge < -0.3 is 5.32 Å². The summed E-state index contributed by atoms with van der Waals surface area (Å²) in [5.74, 6) is 0. The molecule has 1 atom stereocenters. The van der Waals surface area contributed by atoms with Crippen molar-refractivity contribution in [2.24, 2.45) is 0 Å². The van der Waals surface area contributed by atoms with Crippen molar-refractivity contribution in [2.45, 2.75) is 12.5 Å². The van der Waals surface area contributed by atoms with Gasteiger partial charge in [0.2, 0.25) is 0 Å². The minimum absolute atomic E-state index is 0.586. The van der Waals surface area contributed by atoms with Crippen molar-refractivity contribution in [1.82, 2.24) is 10.3 Å². The van der Waals surface area contributed by atoms with E-state index in [0.717, 1.165) is 10.9 Å². The molecule has 0 fully saturated rings. The third kappa shape index (κ3) is 1.88. The van der Waals surface area contributed by atoms with Gasteiger partial charge in [-0.1, -0.05) is 18.2 Å². The van der Waals surface area contributed by atoms with E-state index in [1.54, 1.807) is 24.4 Å². The minimum atomic E-state index is -2.43. The first kappa shape index (κ1) is 11.0. The van der Waals surface area contributed by atoms with Gasteiger partial charge in [0.25, 0.3) is 6.43 Å². The zero-order valence-electron chi connectivity index (χ0n) is 8.82. The number of nitrogens with zero attached hydrogens (tertiary/aromatic N) is 1. The Morgan fingerprint density at radius 3 is 2.69 bits per heavy atom. The molecule has 0 aliphatic carbocycles. The maximum Gasteiger partial charge on any atom is 0.257 e. The molecular weight excluding hydrogens is 210 g/mol. The first-order chi connectivity index (χ1) is 7.74. The molecule has 1 aromatic heterocycles. The van der Waals surface area contributed by atoms with Gasteiger partial charge in [0.1, 0.15) is 0 Å². The number of pyridine rings is 1. The first-order valence-corrected chi connectivity index (χ1v) is 5.03. The van der Waals surface area contributed by atoms with E-state index in [1.165, 1.54) is 7.05 Å². The average Bonchev–Trinajstić information content (AvgIpc) is 2.30. The molecule has 0 radical (unpaired) electrons. The fourth-order valence-corrected chi connectivity index (χ4v) is 1.82. The number of halogens is 2. The SMILES string of the molecule is CNC(c1cccc2ncccc12)C(F)F. The molecule has 0 bridgehead atoms. The molecule has 0 saturated heterocycles. The van der Waals surface area contributed by atoms with Gasteiger partial charge >= 0.3 is 0 Å².